The molecule has 2 aromatic heterocycles. The van der Waals surface area contributed by atoms with Crippen molar-refractivity contribution in [3.8, 4) is 0 Å². The van der Waals surface area contributed by atoms with E-state index < -0.39 is 5.97 Å². The Hall–Kier alpha value is -2.25. The molecule has 0 aromatic carbocycles. The first-order chi connectivity index (χ1) is 7.58. The Bertz CT molecular complexity index is 536. The second-order valence-corrected chi connectivity index (χ2v) is 3.34. The average Bonchev–Trinajstić information content (AvgIpc) is 2.59. The Balaban J connectivity index is 2.35. The molecular formula is C8H10N6O2. The van der Waals surface area contributed by atoms with Crippen LogP contribution in [0.25, 0.3) is 11.2 Å². The standard InChI is InChI=1S/C8H10N6O2/c1-13(4-6(15)16)8-9-3-5-7(10-8)11-12-14(5)2/h3H,4H2,1-2H3,(H,15,16). The number of hydrogen-bond donors (Lipinski definition) is 1. The minimum atomic E-state index is -0.939. The van der Waals surface area contributed by atoms with Crippen LogP contribution in [0.2, 0.25) is 0 Å². The zero-order chi connectivity index (χ0) is 11.7. The minimum Gasteiger partial charge on any atom is -0.480 e. The summed E-state index contributed by atoms with van der Waals surface area (Å²) in [5, 5.41) is 16.2. The van der Waals surface area contributed by atoms with Crippen LogP contribution in [-0.2, 0) is 11.8 Å². The number of fused-ring (bicyclic) bond motifs is 1. The van der Waals surface area contributed by atoms with Crippen molar-refractivity contribution >= 4 is 23.1 Å². The third-order valence-corrected chi connectivity index (χ3v) is 2.07. The van der Waals surface area contributed by atoms with E-state index in [0.717, 1.165) is 0 Å². The Labute approximate surface area is 90.5 Å². The molecule has 84 valence electrons. The van der Waals surface area contributed by atoms with Gasteiger partial charge in [-0.2, -0.15) is 4.98 Å². The lowest BCUT2D eigenvalue weighted by molar-refractivity contribution is -0.135. The fourth-order valence-corrected chi connectivity index (χ4v) is 1.27. The number of anilines is 1. The van der Waals surface area contributed by atoms with Crippen LogP contribution in [0.5, 0.6) is 0 Å². The van der Waals surface area contributed by atoms with Gasteiger partial charge < -0.3 is 10.0 Å². The quantitative estimate of drug-likeness (QED) is 0.731. The van der Waals surface area contributed by atoms with E-state index in [-0.39, 0.29) is 6.54 Å². The SMILES string of the molecule is CN(CC(=O)O)c1ncc2c(nnn2C)n1. The lowest BCUT2D eigenvalue weighted by atomic mass is 10.5. The molecule has 16 heavy (non-hydrogen) atoms. The zero-order valence-electron chi connectivity index (χ0n) is 8.82. The smallest absolute Gasteiger partial charge is 0.323 e. The van der Waals surface area contributed by atoms with Crippen molar-refractivity contribution in [1.82, 2.24) is 25.0 Å². The number of carbonyl (C=O) groups is 1. The second kappa shape index (κ2) is 3.72. The van der Waals surface area contributed by atoms with Crippen LogP contribution in [0.4, 0.5) is 5.95 Å². The van der Waals surface area contributed by atoms with Crippen molar-refractivity contribution < 1.29 is 9.90 Å². The summed E-state index contributed by atoms with van der Waals surface area (Å²) >= 11 is 0. The topological polar surface area (TPSA) is 97.0 Å². The summed E-state index contributed by atoms with van der Waals surface area (Å²) in [6.07, 6.45) is 1.57. The summed E-state index contributed by atoms with van der Waals surface area (Å²) < 4.78 is 1.55. The van der Waals surface area contributed by atoms with E-state index in [1.54, 1.807) is 25.0 Å². The molecule has 2 rings (SSSR count). The van der Waals surface area contributed by atoms with E-state index in [2.05, 4.69) is 20.3 Å². The van der Waals surface area contributed by atoms with Crippen molar-refractivity contribution in [1.29, 1.82) is 0 Å². The molecule has 2 heterocycles. The van der Waals surface area contributed by atoms with E-state index in [4.69, 9.17) is 5.11 Å². The van der Waals surface area contributed by atoms with Crippen LogP contribution >= 0.6 is 0 Å². The van der Waals surface area contributed by atoms with Gasteiger partial charge in [-0.25, -0.2) is 9.67 Å². The van der Waals surface area contributed by atoms with Crippen LogP contribution in [0.3, 0.4) is 0 Å². The first-order valence-electron chi connectivity index (χ1n) is 4.53. The van der Waals surface area contributed by atoms with Gasteiger partial charge in [0, 0.05) is 14.1 Å². The molecule has 0 saturated heterocycles. The molecule has 0 aliphatic carbocycles. The number of carboxylic acids is 1. The fraction of sp³-hybridized carbons (Fsp3) is 0.375. The Morgan fingerprint density at radius 2 is 2.38 bits per heavy atom. The fourth-order valence-electron chi connectivity index (χ4n) is 1.27. The third kappa shape index (κ3) is 1.76. The lowest BCUT2D eigenvalue weighted by Gasteiger charge is -2.13. The molecule has 8 nitrogen and oxygen atoms in total. The molecular weight excluding hydrogens is 212 g/mol. The third-order valence-electron chi connectivity index (χ3n) is 2.07. The van der Waals surface area contributed by atoms with Crippen LogP contribution in [-0.4, -0.2) is 49.6 Å². The molecule has 0 fully saturated rings. The molecule has 0 aliphatic heterocycles. The minimum absolute atomic E-state index is 0.161. The number of nitrogens with zero attached hydrogens (tertiary/aromatic N) is 6. The maximum absolute atomic E-state index is 10.5. The first kappa shape index (κ1) is 10.3. The highest BCUT2D eigenvalue weighted by molar-refractivity contribution is 5.74. The summed E-state index contributed by atoms with van der Waals surface area (Å²) in [6, 6.07) is 0. The highest BCUT2D eigenvalue weighted by atomic mass is 16.4. The Morgan fingerprint density at radius 1 is 1.62 bits per heavy atom. The Morgan fingerprint density at radius 3 is 3.06 bits per heavy atom. The van der Waals surface area contributed by atoms with Crippen LogP contribution in [0, 0.1) is 0 Å². The maximum atomic E-state index is 10.5. The van der Waals surface area contributed by atoms with E-state index in [1.165, 1.54) is 4.90 Å². The molecule has 2 aromatic rings. The molecule has 0 amide bonds. The lowest BCUT2D eigenvalue weighted by Crippen LogP contribution is -2.26. The van der Waals surface area contributed by atoms with E-state index in [0.29, 0.717) is 17.1 Å². The predicted molar refractivity (Wildman–Crippen MR) is 55.0 cm³/mol. The molecule has 0 bridgehead atoms. The predicted octanol–water partition coefficient (Wildman–Crippen LogP) is -0.721. The summed E-state index contributed by atoms with van der Waals surface area (Å²) in [4.78, 5) is 20.1. The van der Waals surface area contributed by atoms with Gasteiger partial charge in [-0.05, 0) is 0 Å². The van der Waals surface area contributed by atoms with Gasteiger partial charge in [0.2, 0.25) is 11.6 Å². The van der Waals surface area contributed by atoms with Gasteiger partial charge in [-0.1, -0.05) is 5.21 Å². The summed E-state index contributed by atoms with van der Waals surface area (Å²) in [5.74, 6) is -0.624. The molecule has 0 saturated carbocycles. The average molecular weight is 222 g/mol. The van der Waals surface area contributed by atoms with Crippen molar-refractivity contribution in [3.63, 3.8) is 0 Å². The normalized spacial score (nSPS) is 10.6. The number of aliphatic carboxylic acids is 1. The molecule has 8 heteroatoms. The van der Waals surface area contributed by atoms with E-state index >= 15 is 0 Å². The summed E-state index contributed by atoms with van der Waals surface area (Å²) in [5.41, 5.74) is 1.15. The van der Waals surface area contributed by atoms with Gasteiger partial charge >= 0.3 is 5.97 Å². The maximum Gasteiger partial charge on any atom is 0.323 e. The number of likely N-dealkylation sites (N-methyl/N-ethyl adjacent to an activating group) is 1. The van der Waals surface area contributed by atoms with Gasteiger partial charge in [-0.15, -0.1) is 5.10 Å². The summed E-state index contributed by atoms with van der Waals surface area (Å²) in [7, 11) is 3.34. The van der Waals surface area contributed by atoms with Crippen molar-refractivity contribution in [2.24, 2.45) is 7.05 Å². The molecule has 1 N–H and O–H groups in total. The Kier molecular flexibility index (Phi) is 2.39. The van der Waals surface area contributed by atoms with Crippen molar-refractivity contribution in [2.45, 2.75) is 0 Å². The zero-order valence-corrected chi connectivity index (χ0v) is 8.82. The molecule has 0 atom stereocenters. The van der Waals surface area contributed by atoms with Crippen molar-refractivity contribution in [3.05, 3.63) is 6.20 Å². The van der Waals surface area contributed by atoms with Gasteiger partial charge in [0.05, 0.1) is 6.20 Å². The largest absolute Gasteiger partial charge is 0.480 e. The molecule has 0 unspecified atom stereocenters. The molecule has 0 aliphatic rings. The van der Waals surface area contributed by atoms with Gasteiger partial charge in [-0.3, -0.25) is 4.79 Å². The van der Waals surface area contributed by atoms with Crippen molar-refractivity contribution in [2.75, 3.05) is 18.5 Å². The van der Waals surface area contributed by atoms with Gasteiger partial charge in [0.15, 0.2) is 0 Å². The van der Waals surface area contributed by atoms with Crippen LogP contribution in [0.1, 0.15) is 0 Å². The molecule has 0 spiro atoms. The number of carboxylic acid groups (broad SMARTS) is 1. The highest BCUT2D eigenvalue weighted by Gasteiger charge is 2.11. The van der Waals surface area contributed by atoms with E-state index in [9.17, 15) is 4.79 Å². The second-order valence-electron chi connectivity index (χ2n) is 3.34. The number of aryl methyl sites for hydroxylation is 1. The number of aromatic nitrogens is 5. The highest BCUT2D eigenvalue weighted by Crippen LogP contribution is 2.10. The number of hydrogen-bond acceptors (Lipinski definition) is 6. The monoisotopic (exact) mass is 222 g/mol. The van der Waals surface area contributed by atoms with Crippen LogP contribution in [0.15, 0.2) is 6.20 Å². The van der Waals surface area contributed by atoms with E-state index in [1.807, 2.05) is 0 Å². The number of rotatable bonds is 3. The first-order valence-corrected chi connectivity index (χ1v) is 4.53. The molecule has 0 radical (unpaired) electrons. The van der Waals surface area contributed by atoms with Gasteiger partial charge in [0.25, 0.3) is 0 Å². The summed E-state index contributed by atoms with van der Waals surface area (Å²) in [6.45, 7) is -0.161. The van der Waals surface area contributed by atoms with Crippen LogP contribution < -0.4 is 4.90 Å². The van der Waals surface area contributed by atoms with Gasteiger partial charge in [0.1, 0.15) is 12.1 Å².